The third-order valence-corrected chi connectivity index (χ3v) is 3.13. The van der Waals surface area contributed by atoms with Crippen molar-refractivity contribution in [3.05, 3.63) is 34.3 Å². The van der Waals surface area contributed by atoms with Crippen LogP contribution in [0.1, 0.15) is 25.5 Å². The lowest BCUT2D eigenvalue weighted by Crippen LogP contribution is -2.26. The van der Waals surface area contributed by atoms with Crippen molar-refractivity contribution in [1.29, 1.82) is 0 Å². The van der Waals surface area contributed by atoms with Crippen molar-refractivity contribution >= 4 is 27.8 Å². The molecule has 18 heavy (non-hydrogen) atoms. The van der Waals surface area contributed by atoms with Gasteiger partial charge in [-0.25, -0.2) is 0 Å². The molecule has 0 saturated carbocycles. The van der Waals surface area contributed by atoms with E-state index in [1.165, 1.54) is 0 Å². The standard InChI is InChI=1S/C13H16BrN3O/c1-8(2)7-15-13-16-11(12(18)17-13)9-3-5-10(14)6-4-9/h3-6,8,11H,7H2,1-2H3,(H2,15,16,17,18). The molecule has 1 aromatic rings. The highest BCUT2D eigenvalue weighted by Crippen LogP contribution is 2.19. The summed E-state index contributed by atoms with van der Waals surface area (Å²) in [6.07, 6.45) is 0. The Balaban J connectivity index is 2.10. The van der Waals surface area contributed by atoms with Gasteiger partial charge in [0.15, 0.2) is 5.96 Å². The number of carbonyl (C=O) groups excluding carboxylic acids is 1. The second-order valence-electron chi connectivity index (χ2n) is 4.70. The van der Waals surface area contributed by atoms with Gasteiger partial charge in [-0.15, -0.1) is 0 Å². The number of amides is 1. The van der Waals surface area contributed by atoms with E-state index in [2.05, 4.69) is 45.4 Å². The van der Waals surface area contributed by atoms with E-state index in [4.69, 9.17) is 0 Å². The summed E-state index contributed by atoms with van der Waals surface area (Å²) >= 11 is 3.38. The molecule has 0 aliphatic carbocycles. The number of nitrogens with zero attached hydrogens (tertiary/aromatic N) is 1. The van der Waals surface area contributed by atoms with E-state index in [9.17, 15) is 4.79 Å². The third-order valence-electron chi connectivity index (χ3n) is 2.60. The molecule has 5 heteroatoms. The molecule has 0 bridgehead atoms. The maximum atomic E-state index is 11.8. The van der Waals surface area contributed by atoms with Gasteiger partial charge in [-0.2, -0.15) is 0 Å². The smallest absolute Gasteiger partial charge is 0.253 e. The van der Waals surface area contributed by atoms with Gasteiger partial charge < -0.3 is 5.32 Å². The molecule has 2 N–H and O–H groups in total. The summed E-state index contributed by atoms with van der Waals surface area (Å²) in [6, 6.07) is 7.35. The molecule has 1 aliphatic heterocycles. The van der Waals surface area contributed by atoms with E-state index < -0.39 is 0 Å². The van der Waals surface area contributed by atoms with Gasteiger partial charge in [-0.3, -0.25) is 15.1 Å². The van der Waals surface area contributed by atoms with E-state index in [-0.39, 0.29) is 11.9 Å². The third kappa shape index (κ3) is 3.10. The van der Waals surface area contributed by atoms with Crippen LogP contribution in [0.15, 0.2) is 33.7 Å². The van der Waals surface area contributed by atoms with E-state index in [0.29, 0.717) is 18.4 Å². The molecule has 96 valence electrons. The van der Waals surface area contributed by atoms with Gasteiger partial charge in [0.05, 0.1) is 0 Å². The summed E-state index contributed by atoms with van der Waals surface area (Å²) < 4.78 is 0.998. The summed E-state index contributed by atoms with van der Waals surface area (Å²) in [6.45, 7) is 4.88. The minimum atomic E-state index is -0.344. The van der Waals surface area contributed by atoms with Crippen LogP contribution in [0.5, 0.6) is 0 Å². The zero-order valence-electron chi connectivity index (χ0n) is 10.4. The van der Waals surface area contributed by atoms with Crippen LogP contribution in [0.25, 0.3) is 0 Å². The lowest BCUT2D eigenvalue weighted by Gasteiger charge is -2.08. The number of guanidine groups is 1. The SMILES string of the molecule is CC(C)CN=C1NC(=O)C(c2ccc(Br)cc2)N1. The van der Waals surface area contributed by atoms with Crippen molar-refractivity contribution in [2.75, 3.05) is 6.54 Å². The van der Waals surface area contributed by atoms with Crippen LogP contribution < -0.4 is 10.6 Å². The van der Waals surface area contributed by atoms with Crippen LogP contribution in [-0.2, 0) is 4.79 Å². The first-order valence-electron chi connectivity index (χ1n) is 5.93. The number of hydrogen-bond acceptors (Lipinski definition) is 2. The first kappa shape index (κ1) is 13.1. The molecule has 4 nitrogen and oxygen atoms in total. The first-order chi connectivity index (χ1) is 8.56. The first-order valence-corrected chi connectivity index (χ1v) is 6.73. The van der Waals surface area contributed by atoms with Crippen molar-refractivity contribution in [2.24, 2.45) is 10.9 Å². The van der Waals surface area contributed by atoms with Crippen LogP contribution >= 0.6 is 15.9 Å². The highest BCUT2D eigenvalue weighted by molar-refractivity contribution is 9.10. The van der Waals surface area contributed by atoms with Crippen molar-refractivity contribution < 1.29 is 4.79 Å². The normalized spacial score (nSPS) is 21.2. The summed E-state index contributed by atoms with van der Waals surface area (Å²) in [7, 11) is 0. The average molecular weight is 310 g/mol. The van der Waals surface area contributed by atoms with Gasteiger partial charge in [0, 0.05) is 11.0 Å². The Morgan fingerprint density at radius 2 is 2.00 bits per heavy atom. The van der Waals surface area contributed by atoms with Crippen LogP contribution in [0.3, 0.4) is 0 Å². The zero-order chi connectivity index (χ0) is 13.1. The van der Waals surface area contributed by atoms with E-state index in [1.54, 1.807) is 0 Å². The molecular formula is C13H16BrN3O. The second kappa shape index (κ2) is 5.52. The summed E-state index contributed by atoms with van der Waals surface area (Å²) in [5, 5.41) is 5.87. The summed E-state index contributed by atoms with van der Waals surface area (Å²) in [5.74, 6) is 0.990. The molecular weight excluding hydrogens is 294 g/mol. The largest absolute Gasteiger partial charge is 0.340 e. The van der Waals surface area contributed by atoms with Crippen LogP contribution in [0.4, 0.5) is 0 Å². The van der Waals surface area contributed by atoms with Crippen LogP contribution in [-0.4, -0.2) is 18.4 Å². The van der Waals surface area contributed by atoms with Gasteiger partial charge in [0.25, 0.3) is 5.91 Å². The fourth-order valence-corrected chi connectivity index (χ4v) is 1.94. The molecule has 1 amide bonds. The van der Waals surface area contributed by atoms with Gasteiger partial charge in [0.2, 0.25) is 0 Å². The predicted molar refractivity (Wildman–Crippen MR) is 75.3 cm³/mol. The topological polar surface area (TPSA) is 53.5 Å². The van der Waals surface area contributed by atoms with Crippen LogP contribution in [0.2, 0.25) is 0 Å². The van der Waals surface area contributed by atoms with E-state index >= 15 is 0 Å². The molecule has 1 atom stereocenters. The Labute approximate surface area is 115 Å². The molecule has 1 heterocycles. The molecule has 1 saturated heterocycles. The van der Waals surface area contributed by atoms with E-state index in [0.717, 1.165) is 10.0 Å². The van der Waals surface area contributed by atoms with Crippen molar-refractivity contribution in [2.45, 2.75) is 19.9 Å². The lowest BCUT2D eigenvalue weighted by molar-refractivity contribution is -0.120. The molecule has 0 aromatic heterocycles. The van der Waals surface area contributed by atoms with Gasteiger partial charge in [0.1, 0.15) is 6.04 Å². The number of carbonyl (C=O) groups is 1. The zero-order valence-corrected chi connectivity index (χ0v) is 12.0. The molecule has 1 fully saturated rings. The second-order valence-corrected chi connectivity index (χ2v) is 5.62. The minimum Gasteiger partial charge on any atom is -0.340 e. The number of rotatable bonds is 3. The lowest BCUT2D eigenvalue weighted by atomic mass is 10.1. The molecule has 0 spiro atoms. The van der Waals surface area contributed by atoms with Gasteiger partial charge in [-0.1, -0.05) is 41.9 Å². The van der Waals surface area contributed by atoms with Gasteiger partial charge in [-0.05, 0) is 23.6 Å². The Bertz CT molecular complexity index is 468. The maximum Gasteiger partial charge on any atom is 0.253 e. The quantitative estimate of drug-likeness (QED) is 0.899. The van der Waals surface area contributed by atoms with Gasteiger partial charge >= 0.3 is 0 Å². The molecule has 1 aromatic carbocycles. The Morgan fingerprint density at radius 3 is 2.61 bits per heavy atom. The van der Waals surface area contributed by atoms with Crippen LogP contribution in [0, 0.1) is 5.92 Å². The maximum absolute atomic E-state index is 11.8. The minimum absolute atomic E-state index is 0.0557. The molecule has 1 unspecified atom stereocenters. The molecule has 2 rings (SSSR count). The number of nitrogens with one attached hydrogen (secondary N) is 2. The monoisotopic (exact) mass is 309 g/mol. The van der Waals surface area contributed by atoms with Crippen molar-refractivity contribution in [3.8, 4) is 0 Å². The van der Waals surface area contributed by atoms with Crippen molar-refractivity contribution in [3.63, 3.8) is 0 Å². The Hall–Kier alpha value is -1.36. The number of halogens is 1. The highest BCUT2D eigenvalue weighted by atomic mass is 79.9. The summed E-state index contributed by atoms with van der Waals surface area (Å²) in [5.41, 5.74) is 0.936. The van der Waals surface area contributed by atoms with E-state index in [1.807, 2.05) is 24.3 Å². The summed E-state index contributed by atoms with van der Waals surface area (Å²) in [4.78, 5) is 16.2. The number of benzene rings is 1. The molecule has 0 radical (unpaired) electrons. The predicted octanol–water partition coefficient (Wildman–Crippen LogP) is 2.22. The Kier molecular flexibility index (Phi) is 4.01. The highest BCUT2D eigenvalue weighted by Gasteiger charge is 2.29. The molecule has 1 aliphatic rings. The fraction of sp³-hybridized carbons (Fsp3) is 0.385. The fourth-order valence-electron chi connectivity index (χ4n) is 1.68. The number of aliphatic imine (C=N–C) groups is 1. The Morgan fingerprint density at radius 1 is 1.33 bits per heavy atom. The number of hydrogen-bond donors (Lipinski definition) is 2. The average Bonchev–Trinajstić information content (AvgIpc) is 2.69. The van der Waals surface area contributed by atoms with Crippen molar-refractivity contribution in [1.82, 2.24) is 10.6 Å².